The highest BCUT2D eigenvalue weighted by molar-refractivity contribution is 7.92. The fourth-order valence-corrected chi connectivity index (χ4v) is 4.18. The highest BCUT2D eigenvalue weighted by atomic mass is 32.2. The third kappa shape index (κ3) is 1.34. The van der Waals surface area contributed by atoms with Crippen molar-refractivity contribution in [3.05, 3.63) is 35.6 Å². The minimum absolute atomic E-state index is 0.147. The van der Waals surface area contributed by atoms with Gasteiger partial charge in [-0.15, -0.1) is 0 Å². The van der Waals surface area contributed by atoms with Gasteiger partial charge < -0.3 is 0 Å². The molecule has 0 bridgehead atoms. The van der Waals surface area contributed by atoms with Crippen LogP contribution in [0.3, 0.4) is 0 Å². The molecule has 4 nitrogen and oxygen atoms in total. The van der Waals surface area contributed by atoms with E-state index >= 15 is 0 Å². The molecule has 94 valence electrons. The number of nitrogens with zero attached hydrogens (tertiary/aromatic N) is 2. The Hall–Kier alpha value is -1.49. The molecule has 18 heavy (non-hydrogen) atoms. The van der Waals surface area contributed by atoms with Crippen LogP contribution in [0.5, 0.6) is 0 Å². The quantitative estimate of drug-likeness (QED) is 0.715. The molecule has 5 heteroatoms. The van der Waals surface area contributed by atoms with Crippen LogP contribution in [0.2, 0.25) is 0 Å². The van der Waals surface area contributed by atoms with Gasteiger partial charge in [0, 0.05) is 24.6 Å². The molecule has 0 amide bonds. The van der Waals surface area contributed by atoms with Crippen LogP contribution in [0.15, 0.2) is 45.6 Å². The molecule has 0 aromatic heterocycles. The molecule has 0 aromatic carbocycles. The molecule has 3 unspecified atom stereocenters. The Balaban J connectivity index is 2.21. The van der Waals surface area contributed by atoms with Gasteiger partial charge in [0.1, 0.15) is 10.8 Å². The number of hydrogen-bond acceptors (Lipinski definition) is 4. The van der Waals surface area contributed by atoms with Crippen molar-refractivity contribution < 1.29 is 8.42 Å². The topological polar surface area (TPSA) is 58.9 Å². The van der Waals surface area contributed by atoms with Gasteiger partial charge in [0.15, 0.2) is 9.84 Å². The minimum Gasteiger partial charge on any atom is -0.275 e. The highest BCUT2D eigenvalue weighted by Gasteiger charge is 2.51. The van der Waals surface area contributed by atoms with Crippen LogP contribution in [0.1, 0.15) is 6.92 Å². The third-order valence-electron chi connectivity index (χ3n) is 3.90. The standard InChI is InChI=1S/C13H14N2O2S/c1-9-11(18(2,16)17)8-14-12-5-3-4-10-6-7-15-13(9,10)12/h3-9,11H,1-2H3. The van der Waals surface area contributed by atoms with Gasteiger partial charge in [-0.25, -0.2) is 8.42 Å². The van der Waals surface area contributed by atoms with Crippen LogP contribution in [0, 0.1) is 5.92 Å². The molecule has 3 atom stereocenters. The summed E-state index contributed by atoms with van der Waals surface area (Å²) in [5, 5.41) is -0.584. The van der Waals surface area contributed by atoms with Crippen LogP contribution in [-0.2, 0) is 9.84 Å². The van der Waals surface area contributed by atoms with Gasteiger partial charge in [-0.1, -0.05) is 19.1 Å². The molecule has 0 fully saturated rings. The van der Waals surface area contributed by atoms with Gasteiger partial charge in [0.25, 0.3) is 0 Å². The number of aliphatic imine (C=N–C) groups is 2. The number of hydrogen-bond donors (Lipinski definition) is 0. The summed E-state index contributed by atoms with van der Waals surface area (Å²) in [4.78, 5) is 8.87. The predicted molar refractivity (Wildman–Crippen MR) is 72.8 cm³/mol. The zero-order chi connectivity index (χ0) is 13.0. The molecule has 0 N–H and O–H groups in total. The largest absolute Gasteiger partial charge is 0.275 e. The van der Waals surface area contributed by atoms with Crippen molar-refractivity contribution in [2.75, 3.05) is 6.26 Å². The summed E-state index contributed by atoms with van der Waals surface area (Å²) >= 11 is 0. The van der Waals surface area contributed by atoms with E-state index in [4.69, 9.17) is 0 Å². The van der Waals surface area contributed by atoms with Crippen molar-refractivity contribution >= 4 is 22.3 Å². The molecular weight excluding hydrogens is 248 g/mol. The Bertz CT molecular complexity index is 652. The monoisotopic (exact) mass is 262 g/mol. The Labute approximate surface area is 106 Å². The van der Waals surface area contributed by atoms with Gasteiger partial charge in [-0.3, -0.25) is 9.98 Å². The van der Waals surface area contributed by atoms with Crippen LogP contribution in [-0.4, -0.2) is 37.9 Å². The minimum atomic E-state index is -3.17. The molecule has 0 aromatic rings. The van der Waals surface area contributed by atoms with Gasteiger partial charge >= 0.3 is 0 Å². The zero-order valence-corrected chi connectivity index (χ0v) is 11.1. The van der Waals surface area contributed by atoms with Crippen molar-refractivity contribution in [2.45, 2.75) is 17.7 Å². The molecule has 2 heterocycles. The fourth-order valence-electron chi connectivity index (χ4n) is 2.96. The van der Waals surface area contributed by atoms with E-state index in [1.165, 1.54) is 6.26 Å². The lowest BCUT2D eigenvalue weighted by Gasteiger charge is -2.41. The summed E-state index contributed by atoms with van der Waals surface area (Å²) in [5.41, 5.74) is 1.26. The van der Waals surface area contributed by atoms with Crippen molar-refractivity contribution in [3.63, 3.8) is 0 Å². The lowest BCUT2D eigenvalue weighted by molar-refractivity contribution is 0.400. The maximum atomic E-state index is 11.9. The van der Waals surface area contributed by atoms with Gasteiger partial charge in [-0.2, -0.15) is 0 Å². The Morgan fingerprint density at radius 3 is 2.83 bits per heavy atom. The van der Waals surface area contributed by atoms with E-state index in [0.29, 0.717) is 0 Å². The maximum Gasteiger partial charge on any atom is 0.155 e. The summed E-state index contributed by atoms with van der Waals surface area (Å²) in [6.07, 6.45) is 12.3. The summed E-state index contributed by atoms with van der Waals surface area (Å²) in [7, 11) is -3.17. The second-order valence-electron chi connectivity index (χ2n) is 4.94. The molecule has 0 radical (unpaired) electrons. The van der Waals surface area contributed by atoms with E-state index < -0.39 is 20.6 Å². The van der Waals surface area contributed by atoms with E-state index in [1.807, 2.05) is 31.2 Å². The maximum absolute atomic E-state index is 11.9. The van der Waals surface area contributed by atoms with E-state index in [9.17, 15) is 8.42 Å². The number of sulfone groups is 1. The lowest BCUT2D eigenvalue weighted by atomic mass is 9.72. The van der Waals surface area contributed by atoms with Crippen molar-refractivity contribution in [3.8, 4) is 0 Å². The Morgan fingerprint density at radius 1 is 1.33 bits per heavy atom. The molecule has 0 saturated heterocycles. The van der Waals surface area contributed by atoms with E-state index in [-0.39, 0.29) is 5.92 Å². The molecule has 3 aliphatic rings. The van der Waals surface area contributed by atoms with Crippen LogP contribution in [0.25, 0.3) is 0 Å². The molecular formula is C13H14N2O2S. The summed E-state index contributed by atoms with van der Waals surface area (Å²) in [6.45, 7) is 1.93. The van der Waals surface area contributed by atoms with Gasteiger partial charge in [-0.05, 0) is 17.7 Å². The summed E-state index contributed by atoms with van der Waals surface area (Å²) in [5.74, 6) is -0.147. The first-order valence-electron chi connectivity index (χ1n) is 5.84. The highest BCUT2D eigenvalue weighted by Crippen LogP contribution is 2.47. The first kappa shape index (κ1) is 11.6. The summed E-state index contributed by atoms with van der Waals surface area (Å²) < 4.78 is 23.7. The molecule has 0 saturated carbocycles. The average molecular weight is 262 g/mol. The zero-order valence-electron chi connectivity index (χ0n) is 10.2. The van der Waals surface area contributed by atoms with E-state index in [1.54, 1.807) is 12.4 Å². The molecule has 1 aliphatic carbocycles. The van der Waals surface area contributed by atoms with Crippen molar-refractivity contribution in [1.82, 2.24) is 0 Å². The van der Waals surface area contributed by atoms with Crippen LogP contribution in [0.4, 0.5) is 0 Å². The molecule has 3 rings (SSSR count). The van der Waals surface area contributed by atoms with Crippen LogP contribution >= 0.6 is 0 Å². The average Bonchev–Trinajstić information content (AvgIpc) is 2.71. The predicted octanol–water partition coefficient (Wildman–Crippen LogP) is 1.32. The second kappa shape index (κ2) is 3.51. The van der Waals surface area contributed by atoms with E-state index in [0.717, 1.165) is 11.3 Å². The van der Waals surface area contributed by atoms with E-state index in [2.05, 4.69) is 9.98 Å². The third-order valence-corrected chi connectivity index (χ3v) is 5.42. The smallest absolute Gasteiger partial charge is 0.155 e. The van der Waals surface area contributed by atoms with Crippen molar-refractivity contribution in [2.24, 2.45) is 15.9 Å². The number of rotatable bonds is 1. The van der Waals surface area contributed by atoms with Gasteiger partial charge in [0.2, 0.25) is 0 Å². The second-order valence-corrected chi connectivity index (χ2v) is 7.14. The molecule has 1 spiro atoms. The van der Waals surface area contributed by atoms with Gasteiger partial charge in [0.05, 0.1) is 5.70 Å². The lowest BCUT2D eigenvalue weighted by Crippen LogP contribution is -2.49. The van der Waals surface area contributed by atoms with Crippen LogP contribution < -0.4 is 0 Å². The van der Waals surface area contributed by atoms with Crippen molar-refractivity contribution in [1.29, 1.82) is 0 Å². The SMILES string of the molecule is CC1C(S(C)(=O)=O)C=NC2=CC=CC3=CC=NC321. The summed E-state index contributed by atoms with van der Waals surface area (Å²) in [6, 6.07) is 0. The molecule has 2 aliphatic heterocycles. The normalized spacial score (nSPS) is 37.0. The first-order valence-corrected chi connectivity index (χ1v) is 7.79. The Kier molecular flexibility index (Phi) is 2.26. The fraction of sp³-hybridized carbons (Fsp3) is 0.385. The number of allylic oxidation sites excluding steroid dienone is 3. The Morgan fingerprint density at radius 2 is 2.11 bits per heavy atom. The first-order chi connectivity index (χ1) is 8.46.